The van der Waals surface area contributed by atoms with Crippen molar-refractivity contribution in [2.24, 2.45) is 5.41 Å². The Morgan fingerprint density at radius 2 is 1.85 bits per heavy atom. The van der Waals surface area contributed by atoms with E-state index in [0.29, 0.717) is 13.1 Å². The van der Waals surface area contributed by atoms with Crippen LogP contribution in [0.15, 0.2) is 11.6 Å². The van der Waals surface area contributed by atoms with E-state index >= 15 is 0 Å². The van der Waals surface area contributed by atoms with Crippen LogP contribution in [0.3, 0.4) is 0 Å². The second-order valence-corrected chi connectivity index (χ2v) is 7.10. The summed E-state index contributed by atoms with van der Waals surface area (Å²) in [7, 11) is 0. The zero-order valence-electron chi connectivity index (χ0n) is 13.0. The molecule has 0 aromatic rings. The largest absolute Gasteiger partial charge is 0.444 e. The fourth-order valence-corrected chi connectivity index (χ4v) is 2.95. The van der Waals surface area contributed by atoms with Gasteiger partial charge in [-0.05, 0) is 59.5 Å². The monoisotopic (exact) mass is 279 g/mol. The van der Waals surface area contributed by atoms with Crippen molar-refractivity contribution in [3.05, 3.63) is 11.6 Å². The van der Waals surface area contributed by atoms with Crippen LogP contribution in [0.4, 0.5) is 4.79 Å². The molecule has 0 N–H and O–H groups in total. The standard InChI is InChI=1S/C16H25NO3/c1-12-5-6-16(13(18)11-12)7-9-17(10-8-16)14(19)20-15(2,3)4/h11H,5-10H2,1-4H3. The molecule has 0 bridgehead atoms. The average molecular weight is 279 g/mol. The lowest BCUT2D eigenvalue weighted by atomic mass is 9.68. The Morgan fingerprint density at radius 3 is 2.35 bits per heavy atom. The van der Waals surface area contributed by atoms with Crippen molar-refractivity contribution in [2.45, 2.75) is 59.0 Å². The molecule has 1 aliphatic heterocycles. The molecule has 0 aromatic heterocycles. The molecule has 112 valence electrons. The Bertz CT molecular complexity index is 437. The van der Waals surface area contributed by atoms with Gasteiger partial charge in [0.2, 0.25) is 0 Å². The number of hydrogen-bond acceptors (Lipinski definition) is 3. The summed E-state index contributed by atoms with van der Waals surface area (Å²) in [6.07, 6.45) is 4.98. The van der Waals surface area contributed by atoms with Crippen molar-refractivity contribution in [3.8, 4) is 0 Å². The van der Waals surface area contributed by atoms with Crippen LogP contribution in [0, 0.1) is 5.41 Å². The fourth-order valence-electron chi connectivity index (χ4n) is 2.95. The maximum absolute atomic E-state index is 12.3. The number of piperidine rings is 1. The van der Waals surface area contributed by atoms with Gasteiger partial charge in [-0.2, -0.15) is 0 Å². The molecule has 0 atom stereocenters. The molecule has 0 saturated carbocycles. The molecule has 1 amide bonds. The minimum atomic E-state index is -0.466. The van der Waals surface area contributed by atoms with E-state index in [4.69, 9.17) is 4.74 Å². The van der Waals surface area contributed by atoms with Crippen molar-refractivity contribution in [2.75, 3.05) is 13.1 Å². The van der Waals surface area contributed by atoms with Crippen LogP contribution in [0.25, 0.3) is 0 Å². The van der Waals surface area contributed by atoms with Gasteiger partial charge in [0.25, 0.3) is 0 Å². The van der Waals surface area contributed by atoms with E-state index in [0.717, 1.165) is 25.7 Å². The molecule has 20 heavy (non-hydrogen) atoms. The van der Waals surface area contributed by atoms with E-state index in [2.05, 4.69) is 0 Å². The molecule has 2 rings (SSSR count). The number of hydrogen-bond donors (Lipinski definition) is 0. The van der Waals surface area contributed by atoms with Crippen molar-refractivity contribution < 1.29 is 14.3 Å². The quantitative estimate of drug-likeness (QED) is 0.683. The molecular weight excluding hydrogens is 254 g/mol. The van der Waals surface area contributed by atoms with Gasteiger partial charge in [-0.3, -0.25) is 4.79 Å². The molecule has 1 aliphatic carbocycles. The third-order valence-electron chi connectivity index (χ3n) is 4.27. The van der Waals surface area contributed by atoms with Gasteiger partial charge in [-0.1, -0.05) is 5.57 Å². The third-order valence-corrected chi connectivity index (χ3v) is 4.27. The summed E-state index contributed by atoms with van der Waals surface area (Å²) in [5.41, 5.74) is 0.486. The van der Waals surface area contributed by atoms with E-state index in [1.54, 1.807) is 11.0 Å². The Kier molecular flexibility index (Phi) is 3.94. The first-order valence-corrected chi connectivity index (χ1v) is 7.41. The molecule has 1 spiro atoms. The normalized spacial score (nSPS) is 22.7. The molecule has 1 heterocycles. The van der Waals surface area contributed by atoms with Crippen LogP contribution in [-0.2, 0) is 9.53 Å². The Morgan fingerprint density at radius 1 is 1.25 bits per heavy atom. The number of carbonyl (C=O) groups excluding carboxylic acids is 2. The Balaban J connectivity index is 1.96. The van der Waals surface area contributed by atoms with Gasteiger partial charge in [-0.25, -0.2) is 4.79 Å². The van der Waals surface area contributed by atoms with Crippen molar-refractivity contribution in [1.82, 2.24) is 4.90 Å². The molecular formula is C16H25NO3. The molecule has 1 saturated heterocycles. The van der Waals surface area contributed by atoms with Gasteiger partial charge in [0, 0.05) is 18.5 Å². The van der Waals surface area contributed by atoms with E-state index in [1.807, 2.05) is 27.7 Å². The van der Waals surface area contributed by atoms with Crippen LogP contribution < -0.4 is 0 Å². The lowest BCUT2D eigenvalue weighted by Crippen LogP contribution is -2.48. The number of nitrogens with zero attached hydrogens (tertiary/aromatic N) is 1. The number of ketones is 1. The number of likely N-dealkylation sites (tertiary alicyclic amines) is 1. The summed E-state index contributed by atoms with van der Waals surface area (Å²) in [4.78, 5) is 26.0. The van der Waals surface area contributed by atoms with Gasteiger partial charge in [0.1, 0.15) is 5.60 Å². The summed E-state index contributed by atoms with van der Waals surface area (Å²) >= 11 is 0. The lowest BCUT2D eigenvalue weighted by Gasteiger charge is -2.42. The second-order valence-electron chi connectivity index (χ2n) is 7.10. The summed E-state index contributed by atoms with van der Waals surface area (Å²) in [6, 6.07) is 0. The van der Waals surface area contributed by atoms with Gasteiger partial charge < -0.3 is 9.64 Å². The predicted octanol–water partition coefficient (Wildman–Crippen LogP) is 3.31. The second kappa shape index (κ2) is 5.23. The Hall–Kier alpha value is -1.32. The van der Waals surface area contributed by atoms with Gasteiger partial charge >= 0.3 is 6.09 Å². The molecule has 0 aromatic carbocycles. The lowest BCUT2D eigenvalue weighted by molar-refractivity contribution is -0.127. The van der Waals surface area contributed by atoms with E-state index in [-0.39, 0.29) is 17.3 Å². The summed E-state index contributed by atoms with van der Waals surface area (Å²) in [5, 5.41) is 0. The molecule has 4 nitrogen and oxygen atoms in total. The highest BCUT2D eigenvalue weighted by atomic mass is 16.6. The zero-order chi connectivity index (χ0) is 15.0. The average Bonchev–Trinajstić information content (AvgIpc) is 2.33. The molecule has 2 aliphatic rings. The van der Waals surface area contributed by atoms with Gasteiger partial charge in [0.15, 0.2) is 5.78 Å². The van der Waals surface area contributed by atoms with Crippen molar-refractivity contribution >= 4 is 11.9 Å². The third kappa shape index (κ3) is 3.22. The number of ether oxygens (including phenoxy) is 1. The van der Waals surface area contributed by atoms with Crippen LogP contribution >= 0.6 is 0 Å². The van der Waals surface area contributed by atoms with Crippen LogP contribution in [-0.4, -0.2) is 35.5 Å². The molecule has 0 unspecified atom stereocenters. The first-order chi connectivity index (χ1) is 9.22. The van der Waals surface area contributed by atoms with E-state index in [9.17, 15) is 9.59 Å². The highest BCUT2D eigenvalue weighted by molar-refractivity contribution is 5.96. The van der Waals surface area contributed by atoms with Crippen LogP contribution in [0.5, 0.6) is 0 Å². The summed E-state index contributed by atoms with van der Waals surface area (Å²) in [5.74, 6) is 0.255. The topological polar surface area (TPSA) is 46.6 Å². The summed E-state index contributed by atoms with van der Waals surface area (Å²) in [6.45, 7) is 8.86. The fraction of sp³-hybridized carbons (Fsp3) is 0.750. The van der Waals surface area contributed by atoms with Crippen molar-refractivity contribution in [3.63, 3.8) is 0 Å². The minimum Gasteiger partial charge on any atom is -0.444 e. The first kappa shape index (κ1) is 15.1. The minimum absolute atomic E-state index is 0.224. The number of carbonyl (C=O) groups is 2. The molecule has 0 radical (unpaired) electrons. The summed E-state index contributed by atoms with van der Waals surface area (Å²) < 4.78 is 5.39. The van der Waals surface area contributed by atoms with E-state index in [1.165, 1.54) is 5.57 Å². The molecule has 4 heteroatoms. The highest BCUT2D eigenvalue weighted by Gasteiger charge is 2.42. The zero-order valence-corrected chi connectivity index (χ0v) is 13.0. The maximum atomic E-state index is 12.3. The number of allylic oxidation sites excluding steroid dienone is 2. The number of amides is 1. The van der Waals surface area contributed by atoms with Crippen molar-refractivity contribution in [1.29, 1.82) is 0 Å². The van der Waals surface area contributed by atoms with E-state index < -0.39 is 5.60 Å². The SMILES string of the molecule is CC1=CC(=O)C2(CC1)CCN(C(=O)OC(C)(C)C)CC2. The van der Waals surface area contributed by atoms with Gasteiger partial charge in [0.05, 0.1) is 0 Å². The maximum Gasteiger partial charge on any atom is 0.410 e. The van der Waals surface area contributed by atoms with Crippen LogP contribution in [0.1, 0.15) is 53.4 Å². The predicted molar refractivity (Wildman–Crippen MR) is 77.5 cm³/mol. The highest BCUT2D eigenvalue weighted by Crippen LogP contribution is 2.41. The molecule has 1 fully saturated rings. The number of rotatable bonds is 0. The first-order valence-electron chi connectivity index (χ1n) is 7.41. The Labute approximate surface area is 121 Å². The van der Waals surface area contributed by atoms with Crippen LogP contribution in [0.2, 0.25) is 0 Å². The smallest absolute Gasteiger partial charge is 0.410 e. The van der Waals surface area contributed by atoms with Gasteiger partial charge in [-0.15, -0.1) is 0 Å².